The van der Waals surface area contributed by atoms with E-state index in [0.717, 1.165) is 22.4 Å². The first-order valence-electron chi connectivity index (χ1n) is 9.85. The zero-order valence-corrected chi connectivity index (χ0v) is 17.6. The fourth-order valence-electron chi connectivity index (χ4n) is 3.17. The van der Waals surface area contributed by atoms with Crippen LogP contribution >= 0.6 is 0 Å². The Bertz CT molecular complexity index is 955. The summed E-state index contributed by atoms with van der Waals surface area (Å²) in [5, 5.41) is 2.91. The molecule has 0 heterocycles. The van der Waals surface area contributed by atoms with E-state index in [9.17, 15) is 4.79 Å². The fraction of sp³-hybridized carbons (Fsp3) is 0.240. The van der Waals surface area contributed by atoms with Crippen molar-refractivity contribution in [1.29, 1.82) is 0 Å². The Kier molecular flexibility index (Phi) is 7.46. The standard InChI is InChI=1S/C25H27NO4/c1-18(16-28-2)26-25(27)21-11-14-24(29-3)22(15-21)17-30-23-12-9-20(10-13-23)19-7-5-4-6-8-19/h4-15,18H,16-17H2,1-3H3,(H,26,27). The first-order chi connectivity index (χ1) is 14.6. The summed E-state index contributed by atoms with van der Waals surface area (Å²) >= 11 is 0. The van der Waals surface area contributed by atoms with Gasteiger partial charge in [0, 0.05) is 24.3 Å². The molecular formula is C25H27NO4. The maximum Gasteiger partial charge on any atom is 0.251 e. The van der Waals surface area contributed by atoms with Gasteiger partial charge in [-0.05, 0) is 48.4 Å². The Balaban J connectivity index is 1.68. The van der Waals surface area contributed by atoms with E-state index >= 15 is 0 Å². The number of ether oxygens (including phenoxy) is 3. The van der Waals surface area contributed by atoms with E-state index in [-0.39, 0.29) is 11.9 Å². The highest BCUT2D eigenvalue weighted by Crippen LogP contribution is 2.25. The third-order valence-electron chi connectivity index (χ3n) is 4.69. The summed E-state index contributed by atoms with van der Waals surface area (Å²) in [5.74, 6) is 1.27. The monoisotopic (exact) mass is 405 g/mol. The lowest BCUT2D eigenvalue weighted by atomic mass is 10.1. The van der Waals surface area contributed by atoms with Crippen LogP contribution in [0.5, 0.6) is 11.5 Å². The summed E-state index contributed by atoms with van der Waals surface area (Å²) in [7, 11) is 3.21. The number of benzene rings is 3. The van der Waals surface area contributed by atoms with Crippen LogP contribution in [0.25, 0.3) is 11.1 Å². The molecule has 0 aliphatic heterocycles. The molecule has 3 aromatic carbocycles. The van der Waals surface area contributed by atoms with Crippen LogP contribution < -0.4 is 14.8 Å². The Morgan fingerprint density at radius 3 is 2.30 bits per heavy atom. The van der Waals surface area contributed by atoms with Crippen molar-refractivity contribution < 1.29 is 19.0 Å². The van der Waals surface area contributed by atoms with Gasteiger partial charge in [0.15, 0.2) is 0 Å². The lowest BCUT2D eigenvalue weighted by Crippen LogP contribution is -2.35. The van der Waals surface area contributed by atoms with Crippen LogP contribution in [0.15, 0.2) is 72.8 Å². The minimum Gasteiger partial charge on any atom is -0.496 e. The average molecular weight is 405 g/mol. The Morgan fingerprint density at radius 1 is 0.933 bits per heavy atom. The smallest absolute Gasteiger partial charge is 0.251 e. The Hall–Kier alpha value is -3.31. The molecule has 0 radical (unpaired) electrons. The van der Waals surface area contributed by atoms with Gasteiger partial charge in [-0.2, -0.15) is 0 Å². The number of nitrogens with one attached hydrogen (secondary N) is 1. The number of methoxy groups -OCH3 is 2. The van der Waals surface area contributed by atoms with Crippen molar-refractivity contribution >= 4 is 5.91 Å². The molecule has 1 unspecified atom stereocenters. The summed E-state index contributed by atoms with van der Waals surface area (Å²) in [6, 6.07) is 23.4. The van der Waals surface area contributed by atoms with Crippen LogP contribution in [0, 0.1) is 0 Å². The summed E-state index contributed by atoms with van der Waals surface area (Å²) in [6.45, 7) is 2.65. The minimum atomic E-state index is -0.157. The predicted molar refractivity (Wildman–Crippen MR) is 118 cm³/mol. The van der Waals surface area contributed by atoms with Crippen molar-refractivity contribution in [3.05, 3.63) is 83.9 Å². The molecule has 5 nitrogen and oxygen atoms in total. The van der Waals surface area contributed by atoms with Crippen LogP contribution in [0.1, 0.15) is 22.8 Å². The predicted octanol–water partition coefficient (Wildman–Crippen LogP) is 4.71. The van der Waals surface area contributed by atoms with Crippen molar-refractivity contribution in [3.63, 3.8) is 0 Å². The molecule has 0 aliphatic carbocycles. The van der Waals surface area contributed by atoms with E-state index in [4.69, 9.17) is 14.2 Å². The Labute approximate surface area is 177 Å². The van der Waals surface area contributed by atoms with Gasteiger partial charge in [0.1, 0.15) is 18.1 Å². The van der Waals surface area contributed by atoms with Crippen molar-refractivity contribution in [3.8, 4) is 22.6 Å². The highest BCUT2D eigenvalue weighted by atomic mass is 16.5. The number of carbonyl (C=O) groups is 1. The van der Waals surface area contributed by atoms with E-state index in [1.807, 2.05) is 49.4 Å². The maximum absolute atomic E-state index is 12.5. The van der Waals surface area contributed by atoms with E-state index in [1.165, 1.54) is 0 Å². The van der Waals surface area contributed by atoms with Crippen LogP contribution in [0.3, 0.4) is 0 Å². The van der Waals surface area contributed by atoms with Gasteiger partial charge >= 0.3 is 0 Å². The normalized spacial score (nSPS) is 11.6. The van der Waals surface area contributed by atoms with E-state index in [1.54, 1.807) is 32.4 Å². The quantitative estimate of drug-likeness (QED) is 0.560. The lowest BCUT2D eigenvalue weighted by molar-refractivity contribution is 0.0905. The highest BCUT2D eigenvalue weighted by Gasteiger charge is 2.13. The van der Waals surface area contributed by atoms with Crippen molar-refractivity contribution in [2.24, 2.45) is 0 Å². The first kappa shape index (κ1) is 21.4. The lowest BCUT2D eigenvalue weighted by Gasteiger charge is -2.15. The molecular weight excluding hydrogens is 378 g/mol. The summed E-state index contributed by atoms with van der Waals surface area (Å²) < 4.78 is 16.5. The molecule has 1 N–H and O–H groups in total. The first-order valence-corrected chi connectivity index (χ1v) is 9.85. The molecule has 3 rings (SSSR count). The van der Waals surface area contributed by atoms with Crippen LogP contribution in [0.2, 0.25) is 0 Å². The SMILES string of the molecule is COCC(C)NC(=O)c1ccc(OC)c(COc2ccc(-c3ccccc3)cc2)c1. The van der Waals surface area contributed by atoms with Gasteiger partial charge in [0.25, 0.3) is 5.91 Å². The van der Waals surface area contributed by atoms with Crippen molar-refractivity contribution in [1.82, 2.24) is 5.32 Å². The zero-order chi connectivity index (χ0) is 21.3. The highest BCUT2D eigenvalue weighted by molar-refractivity contribution is 5.94. The van der Waals surface area contributed by atoms with Gasteiger partial charge in [-0.3, -0.25) is 4.79 Å². The van der Waals surface area contributed by atoms with Gasteiger partial charge in [-0.15, -0.1) is 0 Å². The molecule has 0 saturated heterocycles. The molecule has 0 bridgehead atoms. The van der Waals surface area contributed by atoms with Gasteiger partial charge in [0.05, 0.1) is 13.7 Å². The van der Waals surface area contributed by atoms with Crippen molar-refractivity contribution in [2.75, 3.05) is 20.8 Å². The number of carbonyl (C=O) groups excluding carboxylic acids is 1. The molecule has 30 heavy (non-hydrogen) atoms. The second-order valence-corrected chi connectivity index (χ2v) is 7.04. The molecule has 0 fully saturated rings. The number of rotatable bonds is 9. The Morgan fingerprint density at radius 2 is 1.63 bits per heavy atom. The second-order valence-electron chi connectivity index (χ2n) is 7.04. The van der Waals surface area contributed by atoms with Gasteiger partial charge in [-0.25, -0.2) is 0 Å². The largest absolute Gasteiger partial charge is 0.496 e. The van der Waals surface area contributed by atoms with E-state index in [0.29, 0.717) is 24.5 Å². The topological polar surface area (TPSA) is 56.8 Å². The van der Waals surface area contributed by atoms with Crippen LogP contribution in [0.4, 0.5) is 0 Å². The van der Waals surface area contributed by atoms with E-state index in [2.05, 4.69) is 17.4 Å². The third kappa shape index (κ3) is 5.61. The van der Waals surface area contributed by atoms with Gasteiger partial charge in [-0.1, -0.05) is 42.5 Å². The van der Waals surface area contributed by atoms with Crippen LogP contribution in [-0.4, -0.2) is 32.8 Å². The molecule has 0 aliphatic rings. The molecule has 1 atom stereocenters. The van der Waals surface area contributed by atoms with Crippen molar-refractivity contribution in [2.45, 2.75) is 19.6 Å². The number of amides is 1. The number of hydrogen-bond donors (Lipinski definition) is 1. The molecule has 1 amide bonds. The summed E-state index contributed by atoms with van der Waals surface area (Å²) in [6.07, 6.45) is 0. The van der Waals surface area contributed by atoms with Crippen LogP contribution in [-0.2, 0) is 11.3 Å². The molecule has 156 valence electrons. The molecule has 3 aromatic rings. The average Bonchev–Trinajstić information content (AvgIpc) is 2.78. The molecule has 0 saturated carbocycles. The van der Waals surface area contributed by atoms with Gasteiger partial charge in [0.2, 0.25) is 0 Å². The second kappa shape index (κ2) is 10.5. The summed E-state index contributed by atoms with van der Waals surface area (Å²) in [5.41, 5.74) is 3.64. The van der Waals surface area contributed by atoms with Gasteiger partial charge < -0.3 is 19.5 Å². The molecule has 0 aromatic heterocycles. The zero-order valence-electron chi connectivity index (χ0n) is 17.6. The molecule has 0 spiro atoms. The fourth-order valence-corrected chi connectivity index (χ4v) is 3.17. The number of hydrogen-bond acceptors (Lipinski definition) is 4. The minimum absolute atomic E-state index is 0.0765. The maximum atomic E-state index is 12.5. The van der Waals surface area contributed by atoms with E-state index < -0.39 is 0 Å². The molecule has 5 heteroatoms. The summed E-state index contributed by atoms with van der Waals surface area (Å²) in [4.78, 5) is 12.5. The third-order valence-corrected chi connectivity index (χ3v) is 4.69.